The molecule has 0 atom stereocenters. The molecule has 114 valence electrons. The molecule has 1 aromatic carbocycles. The normalized spacial score (nSPS) is 15.4. The number of rotatable bonds is 5. The predicted molar refractivity (Wildman–Crippen MR) is 82.1 cm³/mol. The first kappa shape index (κ1) is 15.7. The van der Waals surface area contributed by atoms with Crippen LogP contribution in [0.4, 0.5) is 0 Å². The fraction of sp³-hybridized carbons (Fsp3) is 0.400. The molecule has 0 fully saturated rings. The van der Waals surface area contributed by atoms with Gasteiger partial charge in [-0.1, -0.05) is 30.7 Å². The maximum atomic E-state index is 12.3. The second-order valence-electron chi connectivity index (χ2n) is 4.90. The van der Waals surface area contributed by atoms with Crippen molar-refractivity contribution in [3.05, 3.63) is 41.5 Å². The largest absolute Gasteiger partial charge is 0.348 e. The van der Waals surface area contributed by atoms with Crippen molar-refractivity contribution in [1.82, 2.24) is 10.6 Å². The van der Waals surface area contributed by atoms with Gasteiger partial charge in [-0.2, -0.15) is 0 Å². The van der Waals surface area contributed by atoms with Gasteiger partial charge in [0.1, 0.15) is 0 Å². The lowest BCUT2D eigenvalue weighted by Crippen LogP contribution is -2.30. The first-order valence-electron chi connectivity index (χ1n) is 7.03. The molecule has 21 heavy (non-hydrogen) atoms. The van der Waals surface area contributed by atoms with Gasteiger partial charge in [0.25, 0.3) is 5.91 Å². The molecular weight excluding hydrogens is 288 g/mol. The fourth-order valence-corrected chi connectivity index (χ4v) is 3.29. The molecule has 1 aliphatic rings. The summed E-state index contributed by atoms with van der Waals surface area (Å²) in [4.78, 5) is 12.4. The van der Waals surface area contributed by atoms with E-state index in [-0.39, 0.29) is 22.1 Å². The highest BCUT2D eigenvalue weighted by molar-refractivity contribution is 7.91. The molecule has 1 aliphatic heterocycles. The fourth-order valence-electron chi connectivity index (χ4n) is 2.20. The maximum Gasteiger partial charge on any atom is 0.252 e. The first-order chi connectivity index (χ1) is 10.0. The molecule has 0 bridgehead atoms. The molecule has 1 amide bonds. The number of carbonyl (C=O) groups excluding carboxylic acids is 1. The Morgan fingerprint density at radius 2 is 2.10 bits per heavy atom. The van der Waals surface area contributed by atoms with E-state index in [1.54, 1.807) is 25.1 Å². The highest BCUT2D eigenvalue weighted by Crippen LogP contribution is 2.17. The van der Waals surface area contributed by atoms with Crippen LogP contribution in [-0.4, -0.2) is 39.7 Å². The Morgan fingerprint density at radius 3 is 2.76 bits per heavy atom. The molecule has 0 aliphatic carbocycles. The van der Waals surface area contributed by atoms with Crippen molar-refractivity contribution in [3.63, 3.8) is 0 Å². The number of sulfone groups is 1. The average Bonchev–Trinajstić information content (AvgIpc) is 2.53. The molecule has 0 unspecified atom stereocenters. The number of amides is 1. The number of benzene rings is 1. The second-order valence-corrected chi connectivity index (χ2v) is 7.15. The van der Waals surface area contributed by atoms with E-state index >= 15 is 0 Å². The molecule has 0 saturated heterocycles. The van der Waals surface area contributed by atoms with E-state index in [2.05, 4.69) is 16.7 Å². The highest BCUT2D eigenvalue weighted by Gasteiger charge is 2.20. The van der Waals surface area contributed by atoms with Gasteiger partial charge in [0.15, 0.2) is 9.84 Å². The van der Waals surface area contributed by atoms with Crippen LogP contribution in [0, 0.1) is 0 Å². The molecule has 6 heteroatoms. The lowest BCUT2D eigenvalue weighted by Gasteiger charge is -2.15. The van der Waals surface area contributed by atoms with Crippen molar-refractivity contribution in [1.29, 1.82) is 0 Å². The lowest BCUT2D eigenvalue weighted by atomic mass is 10.1. The standard InChI is InChI=1S/C15H20N2O3S/c1-2-21(19,20)14-6-4-3-5-13(14)15(18)17-11-12-7-9-16-10-8-12/h3-7,16H,2,8-11H2,1H3,(H,17,18). The molecule has 0 aromatic heterocycles. The van der Waals surface area contributed by atoms with Crippen LogP contribution in [0.2, 0.25) is 0 Å². The molecule has 0 radical (unpaired) electrons. The first-order valence-corrected chi connectivity index (χ1v) is 8.68. The number of hydrogen-bond donors (Lipinski definition) is 2. The van der Waals surface area contributed by atoms with Gasteiger partial charge >= 0.3 is 0 Å². The molecule has 0 saturated carbocycles. The van der Waals surface area contributed by atoms with Gasteiger partial charge in [-0.05, 0) is 25.1 Å². The minimum atomic E-state index is -3.40. The van der Waals surface area contributed by atoms with Gasteiger partial charge in [-0.25, -0.2) is 8.42 Å². The van der Waals surface area contributed by atoms with Crippen LogP contribution in [0.3, 0.4) is 0 Å². The SMILES string of the molecule is CCS(=O)(=O)c1ccccc1C(=O)NCC1=CCNCC1. The monoisotopic (exact) mass is 308 g/mol. The van der Waals surface area contributed by atoms with E-state index in [0.29, 0.717) is 6.54 Å². The molecule has 0 spiro atoms. The van der Waals surface area contributed by atoms with Crippen LogP contribution in [0.1, 0.15) is 23.7 Å². The molecule has 5 nitrogen and oxygen atoms in total. The van der Waals surface area contributed by atoms with Gasteiger partial charge in [-0.15, -0.1) is 0 Å². The van der Waals surface area contributed by atoms with E-state index in [1.165, 1.54) is 6.07 Å². The van der Waals surface area contributed by atoms with E-state index in [4.69, 9.17) is 0 Å². The molecule has 2 N–H and O–H groups in total. The minimum absolute atomic E-state index is 0.0197. The third-order valence-electron chi connectivity index (χ3n) is 3.48. The summed E-state index contributed by atoms with van der Waals surface area (Å²) in [7, 11) is -3.40. The molecule has 1 heterocycles. The Morgan fingerprint density at radius 1 is 1.33 bits per heavy atom. The molecule has 2 rings (SSSR count). The van der Waals surface area contributed by atoms with Gasteiger partial charge in [0.2, 0.25) is 0 Å². The zero-order valence-electron chi connectivity index (χ0n) is 12.1. The number of nitrogens with one attached hydrogen (secondary N) is 2. The van der Waals surface area contributed by atoms with Crippen molar-refractivity contribution >= 4 is 15.7 Å². The zero-order chi connectivity index (χ0) is 15.3. The summed E-state index contributed by atoms with van der Waals surface area (Å²) in [5, 5.41) is 6.01. The summed E-state index contributed by atoms with van der Waals surface area (Å²) >= 11 is 0. The Kier molecular flexibility index (Phi) is 5.14. The third kappa shape index (κ3) is 3.92. The lowest BCUT2D eigenvalue weighted by molar-refractivity contribution is 0.0953. The number of carbonyl (C=O) groups is 1. The highest BCUT2D eigenvalue weighted by atomic mass is 32.2. The Bertz CT molecular complexity index is 651. The van der Waals surface area contributed by atoms with Crippen LogP contribution in [0.5, 0.6) is 0 Å². The zero-order valence-corrected chi connectivity index (χ0v) is 12.9. The van der Waals surface area contributed by atoms with Gasteiger partial charge in [0.05, 0.1) is 16.2 Å². The van der Waals surface area contributed by atoms with E-state index in [0.717, 1.165) is 25.1 Å². The van der Waals surface area contributed by atoms with Gasteiger partial charge in [0, 0.05) is 13.1 Å². The van der Waals surface area contributed by atoms with Crippen LogP contribution in [0.25, 0.3) is 0 Å². The Balaban J connectivity index is 2.14. The summed E-state index contributed by atoms with van der Waals surface area (Å²) < 4.78 is 24.1. The minimum Gasteiger partial charge on any atom is -0.348 e. The quantitative estimate of drug-likeness (QED) is 0.800. The van der Waals surface area contributed by atoms with E-state index in [1.807, 2.05) is 0 Å². The van der Waals surface area contributed by atoms with Crippen LogP contribution < -0.4 is 10.6 Å². The second kappa shape index (κ2) is 6.87. The van der Waals surface area contributed by atoms with Crippen molar-refractivity contribution < 1.29 is 13.2 Å². The summed E-state index contributed by atoms with van der Waals surface area (Å²) in [6.45, 7) is 3.75. The summed E-state index contributed by atoms with van der Waals surface area (Å²) in [6.07, 6.45) is 2.95. The molecular formula is C15H20N2O3S. The van der Waals surface area contributed by atoms with E-state index in [9.17, 15) is 13.2 Å². The predicted octanol–water partition coefficient (Wildman–Crippen LogP) is 1.13. The van der Waals surface area contributed by atoms with Crippen molar-refractivity contribution in [2.24, 2.45) is 0 Å². The topological polar surface area (TPSA) is 75.3 Å². The van der Waals surface area contributed by atoms with Crippen molar-refractivity contribution in [2.75, 3.05) is 25.4 Å². The number of hydrogen-bond acceptors (Lipinski definition) is 4. The smallest absolute Gasteiger partial charge is 0.252 e. The van der Waals surface area contributed by atoms with Crippen molar-refractivity contribution in [3.8, 4) is 0 Å². The van der Waals surface area contributed by atoms with Crippen LogP contribution >= 0.6 is 0 Å². The van der Waals surface area contributed by atoms with Crippen LogP contribution in [0.15, 0.2) is 40.8 Å². The summed E-state index contributed by atoms with van der Waals surface area (Å²) in [6, 6.07) is 6.34. The maximum absolute atomic E-state index is 12.3. The van der Waals surface area contributed by atoms with E-state index < -0.39 is 9.84 Å². The van der Waals surface area contributed by atoms with Crippen molar-refractivity contribution in [2.45, 2.75) is 18.2 Å². The van der Waals surface area contributed by atoms with Gasteiger partial charge < -0.3 is 10.6 Å². The Hall–Kier alpha value is -1.66. The average molecular weight is 308 g/mol. The van der Waals surface area contributed by atoms with Gasteiger partial charge in [-0.3, -0.25) is 4.79 Å². The summed E-state index contributed by atoms with van der Waals surface area (Å²) in [5.41, 5.74) is 1.38. The summed E-state index contributed by atoms with van der Waals surface area (Å²) in [5.74, 6) is -0.365. The van der Waals surface area contributed by atoms with Crippen LogP contribution in [-0.2, 0) is 9.84 Å². The third-order valence-corrected chi connectivity index (χ3v) is 5.27. The molecule has 1 aromatic rings. The Labute approximate surface area is 125 Å².